The Morgan fingerprint density at radius 3 is 2.02 bits per heavy atom. The van der Waals surface area contributed by atoms with Crippen molar-refractivity contribution >= 4 is 33.0 Å². The quantitative estimate of drug-likeness (QED) is 0.240. The number of amides is 1. The maximum absolute atomic E-state index is 13.8. The van der Waals surface area contributed by atoms with Gasteiger partial charge in [-0.25, -0.2) is 8.42 Å². The molecule has 1 saturated heterocycles. The number of carbonyl (C=O) groups is 1. The summed E-state index contributed by atoms with van der Waals surface area (Å²) in [5.41, 5.74) is 3.00. The molecule has 11 heteroatoms. The minimum atomic E-state index is -4.10. The third-order valence-corrected chi connectivity index (χ3v) is 8.91. The van der Waals surface area contributed by atoms with Crippen molar-refractivity contribution in [3.05, 3.63) is 102 Å². The Balaban J connectivity index is 1.37. The lowest BCUT2D eigenvalue weighted by Gasteiger charge is -2.36. The first-order valence-electron chi connectivity index (χ1n) is 14.2. The van der Waals surface area contributed by atoms with Crippen LogP contribution >= 0.6 is 0 Å². The minimum Gasteiger partial charge on any atom is -0.497 e. The SMILES string of the molecule is COc1ccc(CNc2ccc(C(=O)N3CCN(c4ccc(OC)cc4)CC3)cc2S(=O)(=O)Nc2cccc(OC)c2)cc1. The predicted molar refractivity (Wildman–Crippen MR) is 172 cm³/mol. The monoisotopic (exact) mass is 616 g/mol. The molecule has 0 radical (unpaired) electrons. The number of hydrogen-bond donors (Lipinski definition) is 2. The summed E-state index contributed by atoms with van der Waals surface area (Å²) in [6.45, 7) is 2.69. The highest BCUT2D eigenvalue weighted by Crippen LogP contribution is 2.29. The predicted octanol–water partition coefficient (Wildman–Crippen LogP) is 5.09. The second-order valence-corrected chi connectivity index (χ2v) is 11.9. The lowest BCUT2D eigenvalue weighted by atomic mass is 10.1. The molecule has 1 aliphatic rings. The Bertz CT molecular complexity index is 1690. The van der Waals surface area contributed by atoms with Crippen LogP contribution in [0.1, 0.15) is 15.9 Å². The van der Waals surface area contributed by atoms with Gasteiger partial charge in [-0.1, -0.05) is 18.2 Å². The van der Waals surface area contributed by atoms with Gasteiger partial charge in [0.2, 0.25) is 0 Å². The zero-order valence-electron chi connectivity index (χ0n) is 24.9. The maximum atomic E-state index is 13.8. The Morgan fingerprint density at radius 2 is 1.39 bits per heavy atom. The number of sulfonamides is 1. The zero-order valence-corrected chi connectivity index (χ0v) is 25.8. The standard InChI is InChI=1S/C33H36N4O6S/c1-41-28-12-7-24(8-13-28)23-34-31-16-9-25(21-32(31)44(39,40)35-26-5-4-6-30(22-26)43-3)33(38)37-19-17-36(18-20-37)27-10-14-29(42-2)15-11-27/h4-16,21-22,34-35H,17-20,23H2,1-3H3. The first-order valence-corrected chi connectivity index (χ1v) is 15.6. The van der Waals surface area contributed by atoms with Gasteiger partial charge in [0.25, 0.3) is 15.9 Å². The molecule has 230 valence electrons. The molecule has 2 N–H and O–H groups in total. The van der Waals surface area contributed by atoms with Crippen LogP contribution in [0.25, 0.3) is 0 Å². The van der Waals surface area contributed by atoms with Crippen LogP contribution in [0.4, 0.5) is 17.1 Å². The van der Waals surface area contributed by atoms with Crippen LogP contribution < -0.4 is 29.1 Å². The average molecular weight is 617 g/mol. The van der Waals surface area contributed by atoms with E-state index in [4.69, 9.17) is 14.2 Å². The number of nitrogens with one attached hydrogen (secondary N) is 2. The molecule has 0 atom stereocenters. The maximum Gasteiger partial charge on any atom is 0.263 e. The average Bonchev–Trinajstić information content (AvgIpc) is 3.07. The third-order valence-electron chi connectivity index (χ3n) is 7.49. The molecule has 10 nitrogen and oxygen atoms in total. The van der Waals surface area contributed by atoms with E-state index in [9.17, 15) is 13.2 Å². The highest BCUT2D eigenvalue weighted by molar-refractivity contribution is 7.92. The summed E-state index contributed by atoms with van der Waals surface area (Å²) in [7, 11) is 0.650. The van der Waals surface area contributed by atoms with Crippen molar-refractivity contribution in [2.75, 3.05) is 62.4 Å². The number of methoxy groups -OCH3 is 3. The van der Waals surface area contributed by atoms with Crippen molar-refractivity contribution in [1.29, 1.82) is 0 Å². The summed E-state index contributed by atoms with van der Waals surface area (Å²) in [5, 5.41) is 3.23. The summed E-state index contributed by atoms with van der Waals surface area (Å²) >= 11 is 0. The largest absolute Gasteiger partial charge is 0.497 e. The third kappa shape index (κ3) is 7.17. The number of carbonyl (C=O) groups excluding carboxylic acids is 1. The van der Waals surface area contributed by atoms with E-state index in [0.29, 0.717) is 55.4 Å². The number of benzene rings is 4. The number of hydrogen-bond acceptors (Lipinski definition) is 8. The van der Waals surface area contributed by atoms with Crippen LogP contribution in [-0.2, 0) is 16.6 Å². The number of anilines is 3. The molecule has 4 aromatic carbocycles. The van der Waals surface area contributed by atoms with Crippen molar-refractivity contribution in [3.63, 3.8) is 0 Å². The number of nitrogens with zero attached hydrogens (tertiary/aromatic N) is 2. The fourth-order valence-corrected chi connectivity index (χ4v) is 6.26. The van der Waals surface area contributed by atoms with Crippen LogP contribution in [0.2, 0.25) is 0 Å². The normalized spacial score (nSPS) is 13.2. The summed E-state index contributed by atoms with van der Waals surface area (Å²) in [4.78, 5) is 17.6. The second-order valence-electron chi connectivity index (χ2n) is 10.2. The van der Waals surface area contributed by atoms with Crippen LogP contribution in [0.15, 0.2) is 95.9 Å². The second kappa shape index (κ2) is 13.6. The van der Waals surface area contributed by atoms with Crippen molar-refractivity contribution in [3.8, 4) is 17.2 Å². The fourth-order valence-electron chi connectivity index (χ4n) is 5.00. The zero-order chi connectivity index (χ0) is 31.1. The molecule has 5 rings (SSSR count). The van der Waals surface area contributed by atoms with Crippen molar-refractivity contribution < 1.29 is 27.4 Å². The molecule has 0 bridgehead atoms. The van der Waals surface area contributed by atoms with Gasteiger partial charge >= 0.3 is 0 Å². The molecule has 4 aromatic rings. The molecule has 44 heavy (non-hydrogen) atoms. The summed E-state index contributed by atoms with van der Waals surface area (Å²) in [6, 6.07) is 26.7. The van der Waals surface area contributed by atoms with E-state index in [2.05, 4.69) is 14.9 Å². The van der Waals surface area contributed by atoms with Gasteiger partial charge in [-0.05, 0) is 72.3 Å². The van der Waals surface area contributed by atoms with Gasteiger partial charge in [0.15, 0.2) is 0 Å². The van der Waals surface area contributed by atoms with E-state index < -0.39 is 10.0 Å². The fraction of sp³-hybridized carbons (Fsp3) is 0.242. The van der Waals surface area contributed by atoms with E-state index >= 15 is 0 Å². The minimum absolute atomic E-state index is 0.0310. The number of ether oxygens (including phenoxy) is 3. The Labute approximate surface area is 258 Å². The van der Waals surface area contributed by atoms with Crippen molar-refractivity contribution in [2.45, 2.75) is 11.4 Å². The molecule has 0 aliphatic carbocycles. The first kappa shape index (κ1) is 30.6. The molecule has 0 saturated carbocycles. The van der Waals surface area contributed by atoms with Crippen LogP contribution in [0.5, 0.6) is 17.2 Å². The highest BCUT2D eigenvalue weighted by Gasteiger charge is 2.26. The molecule has 1 heterocycles. The van der Waals surface area contributed by atoms with E-state index in [-0.39, 0.29) is 10.8 Å². The molecule has 0 spiro atoms. The molecular weight excluding hydrogens is 580 g/mol. The van der Waals surface area contributed by atoms with Gasteiger partial charge in [0.05, 0.1) is 32.7 Å². The molecule has 0 unspecified atom stereocenters. The summed E-state index contributed by atoms with van der Waals surface area (Å²) in [6.07, 6.45) is 0. The van der Waals surface area contributed by atoms with Gasteiger partial charge in [-0.15, -0.1) is 0 Å². The molecule has 0 aromatic heterocycles. The van der Waals surface area contributed by atoms with E-state index in [1.807, 2.05) is 48.5 Å². The molecule has 1 aliphatic heterocycles. The first-order chi connectivity index (χ1) is 21.3. The molecule has 1 fully saturated rings. The lowest BCUT2D eigenvalue weighted by molar-refractivity contribution is 0.0746. The topological polar surface area (TPSA) is 109 Å². The smallest absolute Gasteiger partial charge is 0.263 e. The summed E-state index contributed by atoms with van der Waals surface area (Å²) in [5.74, 6) is 1.81. The number of piperazine rings is 1. The van der Waals surface area contributed by atoms with Crippen molar-refractivity contribution in [1.82, 2.24) is 4.90 Å². The van der Waals surface area contributed by atoms with E-state index in [1.165, 1.54) is 13.2 Å². The lowest BCUT2D eigenvalue weighted by Crippen LogP contribution is -2.48. The van der Waals surface area contributed by atoms with E-state index in [0.717, 1.165) is 22.7 Å². The highest BCUT2D eigenvalue weighted by atomic mass is 32.2. The van der Waals surface area contributed by atoms with Crippen LogP contribution in [0.3, 0.4) is 0 Å². The van der Waals surface area contributed by atoms with Gasteiger partial charge in [0, 0.05) is 50.0 Å². The van der Waals surface area contributed by atoms with Gasteiger partial charge in [-0.3, -0.25) is 9.52 Å². The molecular formula is C33H36N4O6S. The van der Waals surface area contributed by atoms with Gasteiger partial charge in [0.1, 0.15) is 22.1 Å². The van der Waals surface area contributed by atoms with Crippen LogP contribution in [-0.4, -0.2) is 66.7 Å². The van der Waals surface area contributed by atoms with Gasteiger partial charge < -0.3 is 29.3 Å². The number of rotatable bonds is 11. The van der Waals surface area contributed by atoms with Gasteiger partial charge in [-0.2, -0.15) is 0 Å². The Kier molecular flexibility index (Phi) is 9.44. The summed E-state index contributed by atoms with van der Waals surface area (Å²) < 4.78 is 45.9. The molecule has 1 amide bonds. The Hall–Kier alpha value is -4.90. The van der Waals surface area contributed by atoms with Crippen LogP contribution in [0, 0.1) is 0 Å². The van der Waals surface area contributed by atoms with Crippen molar-refractivity contribution in [2.24, 2.45) is 0 Å². The Morgan fingerprint density at radius 1 is 0.750 bits per heavy atom. The van der Waals surface area contributed by atoms with E-state index in [1.54, 1.807) is 55.5 Å².